The summed E-state index contributed by atoms with van der Waals surface area (Å²) >= 11 is 0. The molecule has 11 rings (SSSR count). The highest BCUT2D eigenvalue weighted by atomic mass is 16.3. The van der Waals surface area contributed by atoms with Gasteiger partial charge in [0.2, 0.25) is 0 Å². The predicted molar refractivity (Wildman–Crippen MR) is 219 cm³/mol. The Hall–Kier alpha value is -7.37. The summed E-state index contributed by atoms with van der Waals surface area (Å²) in [6, 6.07) is 60.2. The fourth-order valence-electron chi connectivity index (χ4n) is 7.90. The lowest BCUT2D eigenvalue weighted by molar-refractivity contribution is 0.669. The van der Waals surface area contributed by atoms with Crippen molar-refractivity contribution in [3.63, 3.8) is 0 Å². The van der Waals surface area contributed by atoms with Gasteiger partial charge < -0.3 is 8.83 Å². The minimum Gasteiger partial charge on any atom is -0.455 e. The van der Waals surface area contributed by atoms with Gasteiger partial charge in [0.05, 0.1) is 0 Å². The summed E-state index contributed by atoms with van der Waals surface area (Å²) < 4.78 is 13.4. The first-order valence-corrected chi connectivity index (χ1v) is 18.0. The summed E-state index contributed by atoms with van der Waals surface area (Å²) in [5.74, 6) is 1.72. The molecule has 0 unspecified atom stereocenters. The molecule has 0 saturated heterocycles. The maximum Gasteiger partial charge on any atom is 0.164 e. The Kier molecular flexibility index (Phi) is 6.79. The van der Waals surface area contributed by atoms with E-state index in [0.29, 0.717) is 17.5 Å². The highest BCUT2D eigenvalue weighted by Gasteiger charge is 2.23. The van der Waals surface area contributed by atoms with E-state index in [1.54, 1.807) is 0 Å². The summed E-state index contributed by atoms with van der Waals surface area (Å²) in [6.45, 7) is 0. The second kappa shape index (κ2) is 12.1. The van der Waals surface area contributed by atoms with Gasteiger partial charge in [-0.1, -0.05) is 152 Å². The Morgan fingerprint density at radius 3 is 1.67 bits per heavy atom. The maximum absolute atomic E-state index is 6.75. The fraction of sp³-hybridized carbons (Fsp3) is 0. The predicted octanol–water partition coefficient (Wildman–Crippen LogP) is 13.2. The molecular formula is C49H29N3O2. The molecule has 54 heavy (non-hydrogen) atoms. The molecule has 252 valence electrons. The molecule has 3 heterocycles. The van der Waals surface area contributed by atoms with Crippen molar-refractivity contribution in [2.75, 3.05) is 0 Å². The third kappa shape index (κ3) is 4.76. The van der Waals surface area contributed by atoms with E-state index in [0.717, 1.165) is 82.8 Å². The van der Waals surface area contributed by atoms with E-state index in [-0.39, 0.29) is 0 Å². The SMILES string of the molecule is c1ccc(-c2nc(-c3cccc4oc5c(-c6cccc7ccccc67)cccc5c34)nc(-c3ccc(-c4ccccc4)c4oc5ccccc5c34)n2)cc1. The number of hydrogen-bond donors (Lipinski definition) is 0. The maximum atomic E-state index is 6.75. The Balaban J connectivity index is 1.18. The third-order valence-corrected chi connectivity index (χ3v) is 10.4. The summed E-state index contributed by atoms with van der Waals surface area (Å²) in [5, 5.41) is 6.31. The fourth-order valence-corrected chi connectivity index (χ4v) is 7.90. The smallest absolute Gasteiger partial charge is 0.164 e. The van der Waals surface area contributed by atoms with Gasteiger partial charge in [-0.2, -0.15) is 0 Å². The highest BCUT2D eigenvalue weighted by molar-refractivity contribution is 6.17. The highest BCUT2D eigenvalue weighted by Crippen LogP contribution is 2.44. The van der Waals surface area contributed by atoms with E-state index in [9.17, 15) is 0 Å². The molecule has 0 radical (unpaired) electrons. The minimum atomic E-state index is 0.566. The quantitative estimate of drug-likeness (QED) is 0.180. The zero-order chi connectivity index (χ0) is 35.6. The molecule has 0 fully saturated rings. The Labute approximate surface area is 309 Å². The van der Waals surface area contributed by atoms with Gasteiger partial charge in [0.15, 0.2) is 17.5 Å². The number of benzene rings is 8. The van der Waals surface area contributed by atoms with Gasteiger partial charge in [-0.15, -0.1) is 0 Å². The van der Waals surface area contributed by atoms with Crippen LogP contribution in [0.2, 0.25) is 0 Å². The number of fused-ring (bicyclic) bond motifs is 7. The molecule has 0 aliphatic rings. The first kappa shape index (κ1) is 30.3. The normalized spacial score (nSPS) is 11.7. The van der Waals surface area contributed by atoms with Crippen LogP contribution in [-0.2, 0) is 0 Å². The van der Waals surface area contributed by atoms with Gasteiger partial charge >= 0.3 is 0 Å². The van der Waals surface area contributed by atoms with E-state index >= 15 is 0 Å². The topological polar surface area (TPSA) is 65.0 Å². The summed E-state index contributed by atoms with van der Waals surface area (Å²) in [5.41, 5.74) is 10.1. The molecule has 8 aromatic carbocycles. The Bertz CT molecular complexity index is 3210. The molecular weight excluding hydrogens is 663 g/mol. The minimum absolute atomic E-state index is 0.566. The van der Waals surface area contributed by atoms with Gasteiger partial charge in [-0.3, -0.25) is 0 Å². The molecule has 0 atom stereocenters. The van der Waals surface area contributed by atoms with E-state index in [4.69, 9.17) is 23.8 Å². The van der Waals surface area contributed by atoms with Crippen LogP contribution in [0.4, 0.5) is 0 Å². The Morgan fingerprint density at radius 2 is 0.833 bits per heavy atom. The number of furan rings is 2. The van der Waals surface area contributed by atoms with Crippen LogP contribution in [0.25, 0.3) is 111 Å². The molecule has 0 saturated carbocycles. The monoisotopic (exact) mass is 691 g/mol. The average molecular weight is 692 g/mol. The van der Waals surface area contributed by atoms with Gasteiger partial charge in [0, 0.05) is 49.4 Å². The third-order valence-electron chi connectivity index (χ3n) is 10.4. The van der Waals surface area contributed by atoms with Gasteiger partial charge in [0.25, 0.3) is 0 Å². The number of rotatable bonds is 5. The van der Waals surface area contributed by atoms with Crippen molar-refractivity contribution in [2.24, 2.45) is 0 Å². The number of hydrogen-bond acceptors (Lipinski definition) is 5. The van der Waals surface area contributed by atoms with Crippen LogP contribution in [0.3, 0.4) is 0 Å². The second-order valence-electron chi connectivity index (χ2n) is 13.5. The molecule has 3 aromatic heterocycles. The van der Waals surface area contributed by atoms with Crippen LogP contribution in [0.1, 0.15) is 0 Å². The zero-order valence-electron chi connectivity index (χ0n) is 28.9. The first-order chi connectivity index (χ1) is 26.8. The molecule has 0 amide bonds. The molecule has 5 heteroatoms. The average Bonchev–Trinajstić information content (AvgIpc) is 3.83. The van der Waals surface area contributed by atoms with Crippen molar-refractivity contribution in [1.29, 1.82) is 0 Å². The van der Waals surface area contributed by atoms with E-state index < -0.39 is 0 Å². The van der Waals surface area contributed by atoms with Crippen molar-refractivity contribution < 1.29 is 8.83 Å². The molecule has 0 N–H and O–H groups in total. The van der Waals surface area contributed by atoms with E-state index in [1.165, 1.54) is 10.8 Å². The van der Waals surface area contributed by atoms with Crippen LogP contribution in [0.5, 0.6) is 0 Å². The van der Waals surface area contributed by atoms with Gasteiger partial charge in [0.1, 0.15) is 22.3 Å². The second-order valence-corrected chi connectivity index (χ2v) is 13.5. The van der Waals surface area contributed by atoms with Crippen molar-refractivity contribution in [2.45, 2.75) is 0 Å². The van der Waals surface area contributed by atoms with Crippen molar-refractivity contribution >= 4 is 54.6 Å². The largest absolute Gasteiger partial charge is 0.455 e. The van der Waals surface area contributed by atoms with Crippen LogP contribution < -0.4 is 0 Å². The van der Waals surface area contributed by atoms with Crippen LogP contribution in [-0.4, -0.2) is 15.0 Å². The van der Waals surface area contributed by atoms with Crippen LogP contribution >= 0.6 is 0 Å². The standard InChI is InChI=1S/C49H29N3O2/c1-3-14-31(15-4-1)34-28-29-40(44-37-21-9-10-26-41(37)53-46(34)44)49-51-47(32-17-5-2-6-18-32)50-48(52-49)39-25-13-27-42-43(39)38-24-12-23-36(45(38)54-42)35-22-11-19-30-16-7-8-20-33(30)35/h1-29H. The van der Waals surface area contributed by atoms with Crippen LogP contribution in [0, 0.1) is 0 Å². The summed E-state index contributed by atoms with van der Waals surface area (Å²) in [7, 11) is 0. The summed E-state index contributed by atoms with van der Waals surface area (Å²) in [6.07, 6.45) is 0. The number of para-hydroxylation sites is 2. The molecule has 0 bridgehead atoms. The number of nitrogens with zero attached hydrogens (tertiary/aromatic N) is 3. The lowest BCUT2D eigenvalue weighted by Gasteiger charge is -2.11. The Morgan fingerprint density at radius 1 is 0.296 bits per heavy atom. The zero-order valence-corrected chi connectivity index (χ0v) is 28.9. The van der Waals surface area contributed by atoms with Crippen molar-refractivity contribution in [3.05, 3.63) is 176 Å². The van der Waals surface area contributed by atoms with E-state index in [2.05, 4.69) is 97.1 Å². The van der Waals surface area contributed by atoms with Crippen molar-refractivity contribution in [1.82, 2.24) is 15.0 Å². The molecule has 11 aromatic rings. The molecule has 0 aliphatic heterocycles. The lowest BCUT2D eigenvalue weighted by atomic mass is 9.96. The molecule has 0 spiro atoms. The summed E-state index contributed by atoms with van der Waals surface area (Å²) in [4.78, 5) is 15.6. The van der Waals surface area contributed by atoms with Crippen LogP contribution in [0.15, 0.2) is 185 Å². The lowest BCUT2D eigenvalue weighted by Crippen LogP contribution is -2.01. The van der Waals surface area contributed by atoms with E-state index in [1.807, 2.05) is 78.9 Å². The van der Waals surface area contributed by atoms with Gasteiger partial charge in [-0.25, -0.2) is 15.0 Å². The van der Waals surface area contributed by atoms with Gasteiger partial charge in [-0.05, 0) is 46.2 Å². The molecule has 0 aliphatic carbocycles. The van der Waals surface area contributed by atoms with Crippen molar-refractivity contribution in [3.8, 4) is 56.4 Å². The molecule has 5 nitrogen and oxygen atoms in total. The number of aromatic nitrogens is 3. The first-order valence-electron chi connectivity index (χ1n) is 18.0.